The van der Waals surface area contributed by atoms with E-state index in [-0.39, 0.29) is 11.4 Å². The van der Waals surface area contributed by atoms with Gasteiger partial charge < -0.3 is 0 Å². The summed E-state index contributed by atoms with van der Waals surface area (Å²) in [7, 11) is -3.60. The van der Waals surface area contributed by atoms with Crippen LogP contribution in [-0.4, -0.2) is 23.2 Å². The summed E-state index contributed by atoms with van der Waals surface area (Å²) in [5, 5.41) is 4.09. The summed E-state index contributed by atoms with van der Waals surface area (Å²) in [5.41, 5.74) is 3.94. The fourth-order valence-electron chi connectivity index (χ4n) is 3.06. The Balaban J connectivity index is 1.44. The predicted octanol–water partition coefficient (Wildman–Crippen LogP) is 3.47. The van der Waals surface area contributed by atoms with Crippen molar-refractivity contribution in [3.8, 4) is 11.1 Å². The molecule has 4 aromatic rings. The molecular weight excluding hydrogens is 384 g/mol. The minimum absolute atomic E-state index is 0.216. The number of nitrogens with zero attached hydrogens (tertiary/aromatic N) is 3. The van der Waals surface area contributed by atoms with Crippen LogP contribution in [0.2, 0.25) is 0 Å². The van der Waals surface area contributed by atoms with Crippen molar-refractivity contribution in [3.63, 3.8) is 0 Å². The van der Waals surface area contributed by atoms with Crippen molar-refractivity contribution < 1.29 is 8.42 Å². The van der Waals surface area contributed by atoms with Crippen LogP contribution in [0.1, 0.15) is 11.1 Å². The van der Waals surface area contributed by atoms with Gasteiger partial charge in [-0.1, -0.05) is 66.7 Å². The van der Waals surface area contributed by atoms with Gasteiger partial charge in [-0.2, -0.15) is 5.10 Å². The fourth-order valence-corrected chi connectivity index (χ4v) is 4.08. The van der Waals surface area contributed by atoms with Crippen LogP contribution in [0.5, 0.6) is 0 Å². The lowest BCUT2D eigenvalue weighted by molar-refractivity contribution is 0.581. The summed E-state index contributed by atoms with van der Waals surface area (Å²) in [4.78, 5) is 4.17. The van der Waals surface area contributed by atoms with E-state index in [1.54, 1.807) is 23.1 Å². The molecule has 0 amide bonds. The lowest BCUT2D eigenvalue weighted by Gasteiger charge is -2.09. The number of benzene rings is 3. The van der Waals surface area contributed by atoms with Crippen molar-refractivity contribution in [2.24, 2.45) is 0 Å². The molecule has 29 heavy (non-hydrogen) atoms. The standard InChI is InChI=1S/C22H20N4O2S/c27-29(28,22-11-9-21(10-12-22)20-7-2-1-3-8-20)25-14-18-5-4-6-19(13-18)15-26-17-23-16-24-26/h1-13,16-17,25H,14-15H2. The normalized spacial score (nSPS) is 11.4. The Bertz CT molecular complexity index is 1170. The minimum Gasteiger partial charge on any atom is -0.249 e. The average molecular weight is 404 g/mol. The van der Waals surface area contributed by atoms with Crippen LogP contribution >= 0.6 is 0 Å². The molecule has 4 rings (SSSR count). The highest BCUT2D eigenvalue weighted by atomic mass is 32.2. The molecule has 1 N–H and O–H groups in total. The van der Waals surface area contributed by atoms with Gasteiger partial charge in [0.2, 0.25) is 10.0 Å². The molecule has 0 aliphatic rings. The van der Waals surface area contributed by atoms with Crippen LogP contribution in [0.4, 0.5) is 0 Å². The van der Waals surface area contributed by atoms with E-state index in [0.717, 1.165) is 22.3 Å². The Morgan fingerprint density at radius 1 is 0.828 bits per heavy atom. The van der Waals surface area contributed by atoms with Crippen molar-refractivity contribution in [2.45, 2.75) is 18.0 Å². The van der Waals surface area contributed by atoms with E-state index in [1.165, 1.54) is 6.33 Å². The highest BCUT2D eigenvalue weighted by Gasteiger charge is 2.14. The molecule has 3 aromatic carbocycles. The first-order valence-electron chi connectivity index (χ1n) is 9.15. The van der Waals surface area contributed by atoms with E-state index in [9.17, 15) is 8.42 Å². The number of hydrogen-bond acceptors (Lipinski definition) is 4. The maximum Gasteiger partial charge on any atom is 0.240 e. The monoisotopic (exact) mass is 404 g/mol. The molecule has 0 spiro atoms. The van der Waals surface area contributed by atoms with Gasteiger partial charge >= 0.3 is 0 Å². The Labute approximate surface area is 169 Å². The molecule has 0 fully saturated rings. The number of rotatable bonds is 7. The third-order valence-corrected chi connectivity index (χ3v) is 5.96. The Morgan fingerprint density at radius 2 is 1.55 bits per heavy atom. The van der Waals surface area contributed by atoms with Gasteiger partial charge in [-0.3, -0.25) is 0 Å². The molecule has 0 aliphatic carbocycles. The molecule has 7 heteroatoms. The summed E-state index contributed by atoms with van der Waals surface area (Å²) >= 11 is 0. The number of sulfonamides is 1. The van der Waals surface area contributed by atoms with Crippen LogP contribution in [-0.2, 0) is 23.1 Å². The van der Waals surface area contributed by atoms with Crippen LogP contribution in [0.25, 0.3) is 11.1 Å². The van der Waals surface area contributed by atoms with E-state index in [2.05, 4.69) is 14.8 Å². The van der Waals surface area contributed by atoms with Gasteiger partial charge in [0.25, 0.3) is 0 Å². The largest absolute Gasteiger partial charge is 0.249 e. The lowest BCUT2D eigenvalue weighted by atomic mass is 10.1. The Kier molecular flexibility index (Phi) is 5.50. The second-order valence-electron chi connectivity index (χ2n) is 6.63. The van der Waals surface area contributed by atoms with Gasteiger partial charge in [0, 0.05) is 6.54 Å². The highest BCUT2D eigenvalue weighted by Crippen LogP contribution is 2.21. The quantitative estimate of drug-likeness (QED) is 0.512. The molecule has 0 atom stereocenters. The Hall–Kier alpha value is -3.29. The molecular formula is C22H20N4O2S. The molecule has 0 saturated carbocycles. The molecule has 146 valence electrons. The van der Waals surface area contributed by atoms with Crippen molar-refractivity contribution in [2.75, 3.05) is 0 Å². The summed E-state index contributed by atoms with van der Waals surface area (Å²) in [6.07, 6.45) is 3.13. The fraction of sp³-hybridized carbons (Fsp3) is 0.0909. The van der Waals surface area contributed by atoms with Crippen molar-refractivity contribution in [1.29, 1.82) is 0 Å². The van der Waals surface area contributed by atoms with Crippen LogP contribution < -0.4 is 4.72 Å². The predicted molar refractivity (Wildman–Crippen MR) is 111 cm³/mol. The van der Waals surface area contributed by atoms with Gasteiger partial charge in [-0.15, -0.1) is 0 Å². The molecule has 0 aliphatic heterocycles. The second-order valence-corrected chi connectivity index (χ2v) is 8.39. The van der Waals surface area contributed by atoms with Gasteiger partial charge in [0.1, 0.15) is 12.7 Å². The van der Waals surface area contributed by atoms with Crippen LogP contribution in [0, 0.1) is 0 Å². The van der Waals surface area contributed by atoms with E-state index < -0.39 is 10.0 Å². The van der Waals surface area contributed by atoms with Crippen molar-refractivity contribution in [1.82, 2.24) is 19.5 Å². The lowest BCUT2D eigenvalue weighted by Crippen LogP contribution is -2.23. The third kappa shape index (κ3) is 4.77. The molecule has 0 saturated heterocycles. The number of aromatic nitrogens is 3. The minimum atomic E-state index is -3.60. The molecule has 0 bridgehead atoms. The molecule has 6 nitrogen and oxygen atoms in total. The van der Waals surface area contributed by atoms with Crippen LogP contribution in [0.3, 0.4) is 0 Å². The van der Waals surface area contributed by atoms with E-state index in [0.29, 0.717) is 6.54 Å². The second kappa shape index (κ2) is 8.38. The SMILES string of the molecule is O=S(=O)(NCc1cccc(Cn2cncn2)c1)c1ccc(-c2ccccc2)cc1. The molecule has 0 radical (unpaired) electrons. The highest BCUT2D eigenvalue weighted by molar-refractivity contribution is 7.89. The van der Waals surface area contributed by atoms with E-state index >= 15 is 0 Å². The zero-order valence-electron chi connectivity index (χ0n) is 15.6. The van der Waals surface area contributed by atoms with Gasteiger partial charge in [0.15, 0.2) is 0 Å². The Morgan fingerprint density at radius 3 is 2.28 bits per heavy atom. The summed E-state index contributed by atoms with van der Waals surface area (Å²) in [6.45, 7) is 0.801. The van der Waals surface area contributed by atoms with E-state index in [4.69, 9.17) is 0 Å². The van der Waals surface area contributed by atoms with Crippen LogP contribution in [0.15, 0.2) is 96.4 Å². The van der Waals surface area contributed by atoms with Gasteiger partial charge in [0.05, 0.1) is 11.4 Å². The first-order valence-corrected chi connectivity index (χ1v) is 10.6. The zero-order valence-corrected chi connectivity index (χ0v) is 16.5. The number of hydrogen-bond donors (Lipinski definition) is 1. The molecule has 1 aromatic heterocycles. The van der Waals surface area contributed by atoms with Crippen molar-refractivity contribution in [3.05, 3.63) is 103 Å². The summed E-state index contributed by atoms with van der Waals surface area (Å²) in [5.74, 6) is 0. The molecule has 1 heterocycles. The van der Waals surface area contributed by atoms with E-state index in [1.807, 2.05) is 66.7 Å². The van der Waals surface area contributed by atoms with Gasteiger partial charge in [-0.25, -0.2) is 22.8 Å². The van der Waals surface area contributed by atoms with Crippen molar-refractivity contribution >= 4 is 10.0 Å². The summed E-state index contributed by atoms with van der Waals surface area (Å²) < 4.78 is 29.7. The summed E-state index contributed by atoms with van der Waals surface area (Å²) in [6, 6.07) is 24.5. The third-order valence-electron chi connectivity index (χ3n) is 4.54. The number of nitrogens with one attached hydrogen (secondary N) is 1. The smallest absolute Gasteiger partial charge is 0.240 e. The first-order chi connectivity index (χ1) is 14.1. The average Bonchev–Trinajstić information content (AvgIpc) is 3.26. The zero-order chi connectivity index (χ0) is 20.1. The maximum atomic E-state index is 12.7. The first kappa shape index (κ1) is 19.0. The maximum absolute atomic E-state index is 12.7. The van der Waals surface area contributed by atoms with Gasteiger partial charge in [-0.05, 0) is 34.4 Å². The topological polar surface area (TPSA) is 76.9 Å². The molecule has 0 unspecified atom stereocenters.